The molecular weight excluding hydrogens is 739 g/mol. The Balaban J connectivity index is 1.20. The van der Waals surface area contributed by atoms with E-state index in [1.54, 1.807) is 12.1 Å². The van der Waals surface area contributed by atoms with Crippen molar-refractivity contribution in [2.75, 3.05) is 43.3 Å². The van der Waals surface area contributed by atoms with Crippen molar-refractivity contribution in [1.82, 2.24) is 30.6 Å². The molecule has 54 heavy (non-hydrogen) atoms. The number of carbonyl (C=O) groups excluding carboxylic acids is 4. The van der Waals surface area contributed by atoms with E-state index in [-0.39, 0.29) is 42.0 Å². The van der Waals surface area contributed by atoms with Crippen LogP contribution in [0.2, 0.25) is 5.02 Å². The Morgan fingerprint density at radius 3 is 2.26 bits per heavy atom. The summed E-state index contributed by atoms with van der Waals surface area (Å²) in [5, 5.41) is 13.9. The van der Waals surface area contributed by atoms with E-state index in [1.165, 1.54) is 49.7 Å². The molecular formula is C34H33ClF3N9O7. The van der Waals surface area contributed by atoms with Crippen LogP contribution in [0.4, 0.5) is 36.4 Å². The summed E-state index contributed by atoms with van der Waals surface area (Å²) in [4.78, 5) is 66.3. The Kier molecular flexibility index (Phi) is 12.3. The van der Waals surface area contributed by atoms with E-state index in [4.69, 9.17) is 25.8 Å². The van der Waals surface area contributed by atoms with Gasteiger partial charge in [0.1, 0.15) is 6.04 Å². The predicted octanol–water partition coefficient (Wildman–Crippen LogP) is 4.13. The van der Waals surface area contributed by atoms with Gasteiger partial charge in [0.15, 0.2) is 6.61 Å². The van der Waals surface area contributed by atoms with Crippen LogP contribution in [0.15, 0.2) is 66.9 Å². The number of amides is 3. The van der Waals surface area contributed by atoms with Gasteiger partial charge in [-0.2, -0.15) is 28.1 Å². The molecule has 1 aliphatic rings. The van der Waals surface area contributed by atoms with Crippen LogP contribution in [0, 0.1) is 0 Å². The monoisotopic (exact) mass is 771 g/mol. The second-order valence-corrected chi connectivity index (χ2v) is 12.2. The van der Waals surface area contributed by atoms with Crippen molar-refractivity contribution in [1.29, 1.82) is 0 Å². The second-order valence-electron chi connectivity index (χ2n) is 11.7. The normalized spacial score (nSPS) is 13.4. The van der Waals surface area contributed by atoms with E-state index in [9.17, 15) is 32.3 Å². The number of rotatable bonds is 15. The number of alkyl halides is 3. The maximum absolute atomic E-state index is 13.1. The topological polar surface area (TPSA) is 208 Å². The molecule has 0 unspecified atom stereocenters. The number of pyridine rings is 1. The quantitative estimate of drug-likeness (QED) is 0.0852. The van der Waals surface area contributed by atoms with Crippen LogP contribution in [0.3, 0.4) is 0 Å². The minimum absolute atomic E-state index is 0.0341. The van der Waals surface area contributed by atoms with E-state index >= 15 is 0 Å². The Bertz CT molecular complexity index is 1980. The molecule has 16 nitrogen and oxygen atoms in total. The maximum atomic E-state index is 13.1. The van der Waals surface area contributed by atoms with Crippen molar-refractivity contribution in [3.05, 3.63) is 83.0 Å². The van der Waals surface area contributed by atoms with Crippen LogP contribution in [-0.2, 0) is 24.7 Å². The van der Waals surface area contributed by atoms with Gasteiger partial charge in [-0.3, -0.25) is 14.4 Å². The smallest absolute Gasteiger partial charge is 0.422 e. The van der Waals surface area contributed by atoms with Crippen LogP contribution < -0.4 is 36.1 Å². The first-order valence-corrected chi connectivity index (χ1v) is 16.5. The number of hydrogen-bond acceptors (Lipinski definition) is 13. The van der Waals surface area contributed by atoms with Crippen molar-refractivity contribution in [3.63, 3.8) is 0 Å². The fraction of sp³-hybridized carbons (Fsp3) is 0.294. The number of benzene rings is 2. The fourth-order valence-electron chi connectivity index (χ4n) is 4.94. The summed E-state index contributed by atoms with van der Waals surface area (Å²) in [6.07, 6.45) is -1.96. The van der Waals surface area contributed by atoms with Crippen molar-refractivity contribution in [2.45, 2.75) is 37.0 Å². The lowest BCUT2D eigenvalue weighted by Crippen LogP contribution is -2.44. The Morgan fingerprint density at radius 1 is 0.907 bits per heavy atom. The molecule has 0 bridgehead atoms. The van der Waals surface area contributed by atoms with Gasteiger partial charge in [-0.15, -0.1) is 0 Å². The van der Waals surface area contributed by atoms with Gasteiger partial charge in [0.05, 0.1) is 19.8 Å². The van der Waals surface area contributed by atoms with Crippen molar-refractivity contribution < 1.29 is 46.6 Å². The molecule has 1 atom stereocenters. The van der Waals surface area contributed by atoms with Gasteiger partial charge in [0.25, 0.3) is 5.91 Å². The van der Waals surface area contributed by atoms with Crippen molar-refractivity contribution in [2.24, 2.45) is 0 Å². The van der Waals surface area contributed by atoms with Crippen LogP contribution in [-0.4, -0.2) is 83.2 Å². The largest absolute Gasteiger partial charge is 0.481 e. The summed E-state index contributed by atoms with van der Waals surface area (Å²) in [7, 11) is 2.52. The highest BCUT2D eigenvalue weighted by Gasteiger charge is 2.45. The molecule has 5 rings (SSSR count). The summed E-state index contributed by atoms with van der Waals surface area (Å²) < 4.78 is 53.4. The highest BCUT2D eigenvalue weighted by atomic mass is 35.5. The number of esters is 1. The molecule has 2 aromatic carbocycles. The molecule has 2 aromatic heterocycles. The zero-order chi connectivity index (χ0) is 38.9. The van der Waals surface area contributed by atoms with Crippen LogP contribution in [0.25, 0.3) is 0 Å². The average molecular weight is 772 g/mol. The van der Waals surface area contributed by atoms with Crippen molar-refractivity contribution >= 4 is 58.6 Å². The van der Waals surface area contributed by atoms with Crippen LogP contribution >= 0.6 is 11.6 Å². The number of nitrogens with one attached hydrogen (secondary N) is 5. The van der Waals surface area contributed by atoms with Crippen LogP contribution in [0.1, 0.15) is 35.2 Å². The molecule has 2 heterocycles. The third kappa shape index (κ3) is 10.9. The van der Waals surface area contributed by atoms with Gasteiger partial charge in [0.2, 0.25) is 17.8 Å². The molecule has 0 aliphatic heterocycles. The molecule has 4 aromatic rings. The van der Waals surface area contributed by atoms with Gasteiger partial charge in [-0.05, 0) is 67.3 Å². The first kappa shape index (κ1) is 39.0. The van der Waals surface area contributed by atoms with Gasteiger partial charge in [0, 0.05) is 40.8 Å². The van der Waals surface area contributed by atoms with E-state index in [1.807, 2.05) is 12.1 Å². The highest BCUT2D eigenvalue weighted by Crippen LogP contribution is 2.48. The van der Waals surface area contributed by atoms with Crippen molar-refractivity contribution in [3.8, 4) is 11.9 Å². The zero-order valence-electron chi connectivity index (χ0n) is 28.6. The number of ether oxygens (including phenoxy) is 3. The number of nitrogens with zero attached hydrogens (tertiary/aromatic N) is 4. The molecule has 0 saturated heterocycles. The standard InChI is InChI=1S/C34H33ClF3N9O7/c1-52-25-17-23(11-15-39-25)41-28(50)27(49)40-16-12-24(29(51)53-2)43-26(48)19-3-9-22(10-4-19)42-30-44-31(46-32(45-30)54-18-34(36,37)38)47-33(13-14-33)20-5-7-21(35)8-6-20/h3-11,15,17,24H,12-14,16,18H2,1-2H3,(H,40,49)(H,43,48)(H,39,41,50)(H2,42,44,45,46,47)/t24-/m0/s1. The summed E-state index contributed by atoms with van der Waals surface area (Å²) >= 11 is 6.02. The SMILES string of the molecule is COC(=O)[C@H](CCNC(=O)C(=O)Nc1ccnc(OC)c1)NC(=O)c1ccc(Nc2nc(NC3(c4ccc(Cl)cc4)CC3)nc(OCC(F)(F)F)n2)cc1. The number of aromatic nitrogens is 4. The van der Waals surface area contributed by atoms with E-state index in [0.717, 1.165) is 12.7 Å². The van der Waals surface area contributed by atoms with E-state index < -0.39 is 54.1 Å². The van der Waals surface area contributed by atoms with E-state index in [0.29, 0.717) is 23.6 Å². The number of hydrogen-bond donors (Lipinski definition) is 5. The molecule has 1 saturated carbocycles. The Hall–Kier alpha value is -6.24. The Morgan fingerprint density at radius 2 is 1.61 bits per heavy atom. The minimum Gasteiger partial charge on any atom is -0.481 e. The van der Waals surface area contributed by atoms with Crippen LogP contribution in [0.5, 0.6) is 11.9 Å². The fourth-order valence-corrected chi connectivity index (χ4v) is 5.06. The summed E-state index contributed by atoms with van der Waals surface area (Å²) in [5.41, 5.74) is 1.07. The number of anilines is 4. The molecule has 0 radical (unpaired) electrons. The molecule has 1 fully saturated rings. The first-order valence-electron chi connectivity index (χ1n) is 16.1. The Labute approximate surface area is 310 Å². The number of carbonyl (C=O) groups is 4. The van der Waals surface area contributed by atoms with Gasteiger partial charge in [-0.1, -0.05) is 23.7 Å². The highest BCUT2D eigenvalue weighted by molar-refractivity contribution is 6.39. The third-order valence-electron chi connectivity index (χ3n) is 7.80. The first-order chi connectivity index (χ1) is 25.8. The molecule has 3 amide bonds. The lowest BCUT2D eigenvalue weighted by Gasteiger charge is -2.19. The third-order valence-corrected chi connectivity index (χ3v) is 8.05. The molecule has 20 heteroatoms. The molecule has 284 valence electrons. The summed E-state index contributed by atoms with van der Waals surface area (Å²) in [6, 6.07) is 14.0. The second kappa shape index (κ2) is 17.1. The lowest BCUT2D eigenvalue weighted by atomic mass is 10.1. The maximum Gasteiger partial charge on any atom is 0.422 e. The zero-order valence-corrected chi connectivity index (χ0v) is 29.4. The number of methoxy groups -OCH3 is 2. The van der Waals surface area contributed by atoms with E-state index in [2.05, 4.69) is 46.5 Å². The number of halogens is 4. The average Bonchev–Trinajstić information content (AvgIpc) is 3.93. The summed E-state index contributed by atoms with van der Waals surface area (Å²) in [5.74, 6) is -3.38. The van der Waals surface area contributed by atoms with Gasteiger partial charge < -0.3 is 40.8 Å². The molecule has 5 N–H and O–H groups in total. The minimum atomic E-state index is -4.64. The summed E-state index contributed by atoms with van der Waals surface area (Å²) in [6.45, 7) is -1.80. The molecule has 1 aliphatic carbocycles. The lowest BCUT2D eigenvalue weighted by molar-refractivity contribution is -0.154. The van der Waals surface area contributed by atoms with Gasteiger partial charge in [-0.25, -0.2) is 9.78 Å². The molecule has 0 spiro atoms. The predicted molar refractivity (Wildman–Crippen MR) is 187 cm³/mol. The van der Waals surface area contributed by atoms with Gasteiger partial charge >= 0.3 is 30.0 Å².